The number of amides is 2. The van der Waals surface area contributed by atoms with Crippen molar-refractivity contribution >= 4 is 29.1 Å². The highest BCUT2D eigenvalue weighted by Crippen LogP contribution is 2.23. The second-order valence-electron chi connectivity index (χ2n) is 6.84. The average Bonchev–Trinajstić information content (AvgIpc) is 2.71. The van der Waals surface area contributed by atoms with Gasteiger partial charge in [0.1, 0.15) is 11.3 Å². The lowest BCUT2D eigenvalue weighted by atomic mass is 9.91. The number of carbonyl (C=O) groups is 2. The fourth-order valence-corrected chi connectivity index (χ4v) is 3.28. The van der Waals surface area contributed by atoms with E-state index >= 15 is 0 Å². The van der Waals surface area contributed by atoms with Gasteiger partial charge in [0.15, 0.2) is 0 Å². The van der Waals surface area contributed by atoms with Gasteiger partial charge in [-0.15, -0.1) is 0 Å². The zero-order chi connectivity index (χ0) is 20.9. The van der Waals surface area contributed by atoms with Gasteiger partial charge in [-0.1, -0.05) is 17.7 Å². The number of nitrogens with one attached hydrogen (secondary N) is 2. The smallest absolute Gasteiger partial charge is 0.252 e. The summed E-state index contributed by atoms with van der Waals surface area (Å²) in [7, 11) is 0. The number of rotatable bonds is 5. The molecule has 8 heteroatoms. The van der Waals surface area contributed by atoms with Crippen molar-refractivity contribution < 1.29 is 19.4 Å². The van der Waals surface area contributed by atoms with Gasteiger partial charge < -0.3 is 20.5 Å². The van der Waals surface area contributed by atoms with Crippen LogP contribution >= 0.6 is 11.6 Å². The highest BCUT2D eigenvalue weighted by Gasteiger charge is 2.34. The highest BCUT2D eigenvalue weighted by atomic mass is 35.5. The Morgan fingerprint density at radius 2 is 1.97 bits per heavy atom. The lowest BCUT2D eigenvalue weighted by Crippen LogP contribution is -2.50. The third kappa shape index (κ3) is 5.25. The molecule has 150 valence electrons. The van der Waals surface area contributed by atoms with Crippen LogP contribution in [0.25, 0.3) is 0 Å². The molecule has 0 spiro atoms. The second-order valence-corrected chi connectivity index (χ2v) is 7.28. The van der Waals surface area contributed by atoms with Crippen LogP contribution in [0.5, 0.6) is 5.75 Å². The number of aromatic hydroxyl groups is 1. The summed E-state index contributed by atoms with van der Waals surface area (Å²) in [6.07, 6.45) is 0.782. The summed E-state index contributed by atoms with van der Waals surface area (Å²) in [6, 6.07) is 13.1. The van der Waals surface area contributed by atoms with E-state index in [1.54, 1.807) is 18.2 Å². The number of hydrogen-bond donors (Lipinski definition) is 3. The Labute approximate surface area is 173 Å². The summed E-state index contributed by atoms with van der Waals surface area (Å²) in [5, 5.41) is 25.2. The first-order valence-corrected chi connectivity index (χ1v) is 9.47. The molecule has 2 amide bonds. The van der Waals surface area contributed by atoms with Gasteiger partial charge in [-0.05, 0) is 36.4 Å². The number of phenols is 1. The van der Waals surface area contributed by atoms with Crippen molar-refractivity contribution in [2.75, 3.05) is 18.5 Å². The van der Waals surface area contributed by atoms with Gasteiger partial charge >= 0.3 is 0 Å². The Balaban J connectivity index is 1.67. The van der Waals surface area contributed by atoms with E-state index in [1.165, 1.54) is 24.3 Å². The summed E-state index contributed by atoms with van der Waals surface area (Å²) in [5.74, 6) is -0.772. The van der Waals surface area contributed by atoms with Crippen molar-refractivity contribution in [2.24, 2.45) is 0 Å². The molecule has 0 radical (unpaired) electrons. The first kappa shape index (κ1) is 20.6. The molecule has 0 aliphatic carbocycles. The molecule has 0 bridgehead atoms. The number of hydrogen-bond acceptors (Lipinski definition) is 5. The van der Waals surface area contributed by atoms with Crippen LogP contribution in [0.15, 0.2) is 42.5 Å². The number of nitrogens with zero attached hydrogens (tertiary/aromatic N) is 1. The van der Waals surface area contributed by atoms with Crippen molar-refractivity contribution in [3.8, 4) is 11.8 Å². The molecule has 3 rings (SSSR count). The lowest BCUT2D eigenvalue weighted by molar-refractivity contribution is -0.115. The Kier molecular flexibility index (Phi) is 6.37. The average molecular weight is 414 g/mol. The van der Waals surface area contributed by atoms with Crippen LogP contribution in [0, 0.1) is 11.3 Å². The maximum absolute atomic E-state index is 12.6. The predicted octanol–water partition coefficient (Wildman–Crippen LogP) is 3.03. The third-order valence-electron chi connectivity index (χ3n) is 4.71. The fraction of sp³-hybridized carbons (Fsp3) is 0.286. The number of anilines is 1. The standard InChI is InChI=1S/C21H20ClN3O4/c22-16-4-5-18(26)15(10-16)12-19(27)24-17-3-1-2-14(11-17)20(28)25-21(13-23)6-8-29-9-7-21/h1-5,10-11,26H,6-9,12H2,(H,24,27)(H,25,28). The summed E-state index contributed by atoms with van der Waals surface area (Å²) in [4.78, 5) is 24.9. The summed E-state index contributed by atoms with van der Waals surface area (Å²) in [6.45, 7) is 0.834. The van der Waals surface area contributed by atoms with Crippen molar-refractivity contribution in [1.29, 1.82) is 5.26 Å². The van der Waals surface area contributed by atoms with E-state index in [1.807, 2.05) is 0 Å². The van der Waals surface area contributed by atoms with Crippen LogP contribution in [0.4, 0.5) is 5.69 Å². The van der Waals surface area contributed by atoms with Crippen molar-refractivity contribution in [3.63, 3.8) is 0 Å². The van der Waals surface area contributed by atoms with Gasteiger partial charge in [0.25, 0.3) is 5.91 Å². The molecule has 1 fully saturated rings. The van der Waals surface area contributed by atoms with Gasteiger partial charge in [0, 0.05) is 47.9 Å². The molecule has 2 aromatic carbocycles. The van der Waals surface area contributed by atoms with E-state index in [4.69, 9.17) is 16.3 Å². The number of benzene rings is 2. The summed E-state index contributed by atoms with van der Waals surface area (Å²) in [5.41, 5.74) is 0.217. The van der Waals surface area contributed by atoms with Crippen molar-refractivity contribution in [1.82, 2.24) is 5.32 Å². The van der Waals surface area contributed by atoms with Crippen molar-refractivity contribution in [2.45, 2.75) is 24.8 Å². The molecule has 2 aromatic rings. The molecule has 1 aliphatic heterocycles. The van der Waals surface area contributed by atoms with E-state index in [0.717, 1.165) is 0 Å². The van der Waals surface area contributed by atoms with Gasteiger partial charge in [0.2, 0.25) is 5.91 Å². The molecule has 29 heavy (non-hydrogen) atoms. The Bertz CT molecular complexity index is 965. The largest absolute Gasteiger partial charge is 0.508 e. The van der Waals surface area contributed by atoms with Gasteiger partial charge in [-0.3, -0.25) is 9.59 Å². The van der Waals surface area contributed by atoms with E-state index in [-0.39, 0.29) is 18.1 Å². The molecule has 0 atom stereocenters. The number of carbonyl (C=O) groups excluding carboxylic acids is 2. The van der Waals surface area contributed by atoms with E-state index in [9.17, 15) is 20.0 Å². The quantitative estimate of drug-likeness (QED) is 0.697. The molecule has 3 N–H and O–H groups in total. The van der Waals surface area contributed by atoms with Gasteiger partial charge in [0.05, 0.1) is 12.5 Å². The second kappa shape index (κ2) is 8.95. The molecule has 1 saturated heterocycles. The number of halogens is 1. The number of ether oxygens (including phenoxy) is 1. The number of nitriles is 1. The number of phenolic OH excluding ortho intramolecular Hbond substituents is 1. The van der Waals surface area contributed by atoms with E-state index in [0.29, 0.717) is 47.9 Å². The van der Waals surface area contributed by atoms with Gasteiger partial charge in [-0.25, -0.2) is 0 Å². The molecule has 1 aliphatic rings. The molecular formula is C21H20ClN3O4. The van der Waals surface area contributed by atoms with Crippen LogP contribution in [0.2, 0.25) is 5.02 Å². The van der Waals surface area contributed by atoms with E-state index < -0.39 is 11.4 Å². The Hall–Kier alpha value is -3.08. The first-order chi connectivity index (χ1) is 13.9. The van der Waals surface area contributed by atoms with Gasteiger partial charge in [-0.2, -0.15) is 5.26 Å². The minimum Gasteiger partial charge on any atom is -0.508 e. The Morgan fingerprint density at radius 1 is 1.21 bits per heavy atom. The zero-order valence-electron chi connectivity index (χ0n) is 15.6. The first-order valence-electron chi connectivity index (χ1n) is 9.10. The maximum atomic E-state index is 12.6. The molecule has 7 nitrogen and oxygen atoms in total. The summed E-state index contributed by atoms with van der Waals surface area (Å²) < 4.78 is 5.27. The van der Waals surface area contributed by atoms with Crippen LogP contribution in [-0.2, 0) is 16.0 Å². The topological polar surface area (TPSA) is 111 Å². The molecular weight excluding hydrogens is 394 g/mol. The minimum absolute atomic E-state index is 0.0176. The zero-order valence-corrected chi connectivity index (χ0v) is 16.3. The highest BCUT2D eigenvalue weighted by molar-refractivity contribution is 6.30. The monoisotopic (exact) mass is 413 g/mol. The maximum Gasteiger partial charge on any atom is 0.252 e. The SMILES string of the molecule is N#CC1(NC(=O)c2cccc(NC(=O)Cc3cc(Cl)ccc3O)c2)CCOCC1. The Morgan fingerprint density at radius 3 is 2.69 bits per heavy atom. The lowest BCUT2D eigenvalue weighted by Gasteiger charge is -2.31. The summed E-state index contributed by atoms with van der Waals surface area (Å²) >= 11 is 5.90. The van der Waals surface area contributed by atoms with E-state index in [2.05, 4.69) is 16.7 Å². The van der Waals surface area contributed by atoms with Crippen LogP contribution in [0.3, 0.4) is 0 Å². The minimum atomic E-state index is -0.946. The normalized spacial score (nSPS) is 15.2. The van der Waals surface area contributed by atoms with Crippen LogP contribution in [-0.4, -0.2) is 35.7 Å². The van der Waals surface area contributed by atoms with Crippen molar-refractivity contribution in [3.05, 3.63) is 58.6 Å². The van der Waals surface area contributed by atoms with Crippen LogP contribution in [0.1, 0.15) is 28.8 Å². The molecule has 1 heterocycles. The molecule has 0 unspecified atom stereocenters. The molecule has 0 saturated carbocycles. The van der Waals surface area contributed by atoms with Crippen LogP contribution < -0.4 is 10.6 Å². The fourth-order valence-electron chi connectivity index (χ4n) is 3.09. The molecule has 0 aromatic heterocycles. The third-order valence-corrected chi connectivity index (χ3v) is 4.95. The predicted molar refractivity (Wildman–Crippen MR) is 108 cm³/mol.